The maximum Gasteiger partial charge on any atom is 0.319 e. The van der Waals surface area contributed by atoms with Gasteiger partial charge in [0.15, 0.2) is 5.78 Å². The van der Waals surface area contributed by atoms with E-state index in [9.17, 15) is 9.59 Å². The Labute approximate surface area is 153 Å². The van der Waals surface area contributed by atoms with E-state index in [1.54, 1.807) is 6.92 Å². The Balaban J connectivity index is 1.78. The molecule has 0 radical (unpaired) electrons. The molecule has 0 bridgehead atoms. The van der Waals surface area contributed by atoms with E-state index in [0.717, 1.165) is 35.9 Å². The van der Waals surface area contributed by atoms with Crippen molar-refractivity contribution < 1.29 is 14.3 Å². The molecule has 3 rings (SSSR count). The molecule has 1 saturated carbocycles. The number of ketones is 1. The van der Waals surface area contributed by atoms with Gasteiger partial charge in [-0.25, -0.2) is 0 Å². The van der Waals surface area contributed by atoms with E-state index < -0.39 is 0 Å². The topological polar surface area (TPSA) is 73.2 Å². The van der Waals surface area contributed by atoms with Crippen molar-refractivity contribution in [2.24, 2.45) is 0 Å². The molecule has 0 amide bonds. The molecule has 1 aromatic carbocycles. The molecule has 0 atom stereocenters. The fourth-order valence-electron chi connectivity index (χ4n) is 3.66. The van der Waals surface area contributed by atoms with E-state index in [4.69, 9.17) is 9.84 Å². The highest BCUT2D eigenvalue weighted by Gasteiger charge is 2.22. The first-order valence-corrected chi connectivity index (χ1v) is 9.54. The molecule has 1 N–H and O–H groups in total. The van der Waals surface area contributed by atoms with Crippen molar-refractivity contribution >= 4 is 22.7 Å². The van der Waals surface area contributed by atoms with Gasteiger partial charge in [0.05, 0.1) is 36.9 Å². The molecule has 0 unspecified atom stereocenters. The number of Topliss-reactive ketones (excluding diaryl/α,β-unsaturated/α-hetero) is 1. The van der Waals surface area contributed by atoms with Gasteiger partial charge >= 0.3 is 5.97 Å². The predicted molar refractivity (Wildman–Crippen MR) is 100 cm³/mol. The van der Waals surface area contributed by atoms with Gasteiger partial charge in [0.1, 0.15) is 0 Å². The number of benzene rings is 1. The largest absolute Gasteiger partial charge is 0.465 e. The lowest BCUT2D eigenvalue weighted by Crippen LogP contribution is -2.29. The third kappa shape index (κ3) is 3.96. The molecule has 0 spiro atoms. The van der Waals surface area contributed by atoms with E-state index in [2.05, 4.69) is 16.9 Å². The molecule has 2 aromatic rings. The number of aryl methyl sites for hydroxylation is 1. The molecule has 140 valence electrons. The summed E-state index contributed by atoms with van der Waals surface area (Å²) in [7, 11) is 0. The summed E-state index contributed by atoms with van der Waals surface area (Å²) in [5.74, 6) is -0.379. The molecule has 1 aromatic heterocycles. The SMILES string of the molecule is CCOC(=O)CNCC(=O)c1ccc2c(CC)nn(C3CCCC3)c2c1. The van der Waals surface area contributed by atoms with Crippen molar-refractivity contribution in [3.8, 4) is 0 Å². The van der Waals surface area contributed by atoms with Crippen LogP contribution in [0.25, 0.3) is 10.9 Å². The van der Waals surface area contributed by atoms with Gasteiger partial charge in [-0.05, 0) is 32.3 Å². The number of fused-ring (bicyclic) bond motifs is 1. The smallest absolute Gasteiger partial charge is 0.319 e. The number of rotatable bonds is 8. The highest BCUT2D eigenvalue weighted by Crippen LogP contribution is 2.33. The summed E-state index contributed by atoms with van der Waals surface area (Å²) in [6, 6.07) is 6.25. The highest BCUT2D eigenvalue weighted by atomic mass is 16.5. The number of hydrogen-bond acceptors (Lipinski definition) is 5. The van der Waals surface area contributed by atoms with Crippen LogP contribution in [-0.2, 0) is 16.0 Å². The molecule has 1 heterocycles. The number of carbonyl (C=O) groups excluding carboxylic acids is 2. The zero-order chi connectivity index (χ0) is 18.5. The monoisotopic (exact) mass is 357 g/mol. The second-order valence-corrected chi connectivity index (χ2v) is 6.75. The first-order chi connectivity index (χ1) is 12.6. The van der Waals surface area contributed by atoms with Crippen LogP contribution in [-0.4, -0.2) is 41.2 Å². The minimum absolute atomic E-state index is 0.0339. The van der Waals surface area contributed by atoms with Crippen molar-refractivity contribution in [1.29, 1.82) is 0 Å². The van der Waals surface area contributed by atoms with E-state index in [1.165, 1.54) is 12.8 Å². The molecule has 6 nitrogen and oxygen atoms in total. The average molecular weight is 357 g/mol. The van der Waals surface area contributed by atoms with E-state index >= 15 is 0 Å². The van der Waals surface area contributed by atoms with E-state index in [-0.39, 0.29) is 24.8 Å². The number of nitrogens with one attached hydrogen (secondary N) is 1. The predicted octanol–water partition coefficient (Wildman–Crippen LogP) is 3.05. The summed E-state index contributed by atoms with van der Waals surface area (Å²) in [6.45, 7) is 4.37. The minimum atomic E-state index is -0.345. The summed E-state index contributed by atoms with van der Waals surface area (Å²) in [6.07, 6.45) is 5.66. The van der Waals surface area contributed by atoms with E-state index in [1.807, 2.05) is 18.2 Å². The molecule has 1 fully saturated rings. The molecular weight excluding hydrogens is 330 g/mol. The maximum absolute atomic E-state index is 12.5. The molecule has 26 heavy (non-hydrogen) atoms. The van der Waals surface area contributed by atoms with Crippen molar-refractivity contribution in [1.82, 2.24) is 15.1 Å². The van der Waals surface area contributed by atoms with Gasteiger partial charge < -0.3 is 4.74 Å². The third-order valence-corrected chi connectivity index (χ3v) is 4.97. The first kappa shape index (κ1) is 18.6. The Morgan fingerprint density at radius 1 is 1.23 bits per heavy atom. The quantitative estimate of drug-likeness (QED) is 0.581. The van der Waals surface area contributed by atoms with Crippen molar-refractivity contribution in [3.63, 3.8) is 0 Å². The highest BCUT2D eigenvalue weighted by molar-refractivity contribution is 6.01. The van der Waals surface area contributed by atoms with Gasteiger partial charge in [-0.1, -0.05) is 31.9 Å². The zero-order valence-corrected chi connectivity index (χ0v) is 15.6. The summed E-state index contributed by atoms with van der Waals surface area (Å²) in [5.41, 5.74) is 2.78. The Bertz CT molecular complexity index is 791. The van der Waals surface area contributed by atoms with Crippen LogP contribution < -0.4 is 5.32 Å². The van der Waals surface area contributed by atoms with Crippen LogP contribution in [0.15, 0.2) is 18.2 Å². The fourth-order valence-corrected chi connectivity index (χ4v) is 3.66. The lowest BCUT2D eigenvalue weighted by atomic mass is 10.1. The number of aromatic nitrogens is 2. The minimum Gasteiger partial charge on any atom is -0.465 e. The van der Waals surface area contributed by atoms with Crippen LogP contribution in [0, 0.1) is 0 Å². The van der Waals surface area contributed by atoms with Gasteiger partial charge in [0, 0.05) is 10.9 Å². The molecule has 0 aliphatic heterocycles. The second-order valence-electron chi connectivity index (χ2n) is 6.75. The Morgan fingerprint density at radius 2 is 2.00 bits per heavy atom. The van der Waals surface area contributed by atoms with Gasteiger partial charge in [-0.2, -0.15) is 5.10 Å². The molecule has 1 aliphatic rings. The lowest BCUT2D eigenvalue weighted by Gasteiger charge is -2.12. The van der Waals surface area contributed by atoms with Gasteiger partial charge in [0.25, 0.3) is 0 Å². The van der Waals surface area contributed by atoms with Crippen molar-refractivity contribution in [3.05, 3.63) is 29.5 Å². The van der Waals surface area contributed by atoms with Crippen molar-refractivity contribution in [2.45, 2.75) is 52.0 Å². The lowest BCUT2D eigenvalue weighted by molar-refractivity contribution is -0.141. The third-order valence-electron chi connectivity index (χ3n) is 4.97. The average Bonchev–Trinajstić information content (AvgIpc) is 3.28. The Kier molecular flexibility index (Phi) is 6.04. The van der Waals surface area contributed by atoms with Crippen molar-refractivity contribution in [2.75, 3.05) is 19.7 Å². The number of nitrogens with zero attached hydrogens (tertiary/aromatic N) is 2. The van der Waals surface area contributed by atoms with Crippen LogP contribution in [0.4, 0.5) is 0 Å². The van der Waals surface area contributed by atoms with E-state index in [0.29, 0.717) is 18.2 Å². The second kappa shape index (κ2) is 8.45. The summed E-state index contributed by atoms with van der Waals surface area (Å²) in [4.78, 5) is 23.8. The molecular formula is C20H27N3O3. The molecule has 1 aliphatic carbocycles. The zero-order valence-electron chi connectivity index (χ0n) is 15.6. The fraction of sp³-hybridized carbons (Fsp3) is 0.550. The maximum atomic E-state index is 12.5. The molecule has 0 saturated heterocycles. The van der Waals surface area contributed by atoms with Crippen LogP contribution in [0.5, 0.6) is 0 Å². The number of hydrogen-bond donors (Lipinski definition) is 1. The number of carbonyl (C=O) groups is 2. The number of esters is 1. The normalized spacial score (nSPS) is 14.8. The summed E-state index contributed by atoms with van der Waals surface area (Å²) < 4.78 is 6.98. The standard InChI is InChI=1S/C20H27N3O3/c1-3-17-16-10-9-14(19(24)12-21-13-20(25)26-4-2)11-18(16)23(22-17)15-7-5-6-8-15/h9-11,15,21H,3-8,12-13H2,1-2H3. The Morgan fingerprint density at radius 3 is 2.69 bits per heavy atom. The summed E-state index contributed by atoms with van der Waals surface area (Å²) >= 11 is 0. The van der Waals surface area contributed by atoms with Crippen LogP contribution in [0.1, 0.15) is 61.6 Å². The van der Waals surface area contributed by atoms with Crippen LogP contribution >= 0.6 is 0 Å². The Hall–Kier alpha value is -2.21. The van der Waals surface area contributed by atoms with Crippen LogP contribution in [0.2, 0.25) is 0 Å². The van der Waals surface area contributed by atoms with Gasteiger partial charge in [-0.15, -0.1) is 0 Å². The molecule has 6 heteroatoms. The number of ether oxygens (including phenoxy) is 1. The van der Waals surface area contributed by atoms with Gasteiger partial charge in [0.2, 0.25) is 0 Å². The van der Waals surface area contributed by atoms with Crippen LogP contribution in [0.3, 0.4) is 0 Å². The first-order valence-electron chi connectivity index (χ1n) is 9.54. The van der Waals surface area contributed by atoms with Gasteiger partial charge in [-0.3, -0.25) is 19.6 Å². The summed E-state index contributed by atoms with van der Waals surface area (Å²) in [5, 5.41) is 8.82.